The molecule has 8 heteroatoms. The number of halogens is 1. The molecule has 0 aliphatic heterocycles. The summed E-state index contributed by atoms with van der Waals surface area (Å²) in [7, 11) is 3.10. The molecule has 0 atom stereocenters. The van der Waals surface area contributed by atoms with Crippen molar-refractivity contribution in [3.8, 4) is 22.8 Å². The number of hydrogen-bond acceptors (Lipinski definition) is 6. The number of anilines is 1. The van der Waals surface area contributed by atoms with Crippen LogP contribution in [0.15, 0.2) is 71.8 Å². The molecule has 1 heterocycles. The Bertz CT molecular complexity index is 1270. The predicted molar refractivity (Wildman–Crippen MR) is 124 cm³/mol. The van der Waals surface area contributed by atoms with Crippen molar-refractivity contribution in [1.82, 2.24) is 10.2 Å². The molecule has 0 fully saturated rings. The van der Waals surface area contributed by atoms with Crippen LogP contribution in [-0.2, 0) is 4.79 Å². The molecule has 0 bridgehead atoms. The van der Waals surface area contributed by atoms with Gasteiger partial charge in [0.05, 0.1) is 25.7 Å². The Kier molecular flexibility index (Phi) is 6.51. The fourth-order valence-corrected chi connectivity index (χ4v) is 4.00. The van der Waals surface area contributed by atoms with Crippen LogP contribution in [0.4, 0.5) is 10.1 Å². The lowest BCUT2D eigenvalue weighted by Gasteiger charge is -2.12. The quantitative estimate of drug-likeness (QED) is 0.392. The number of carbonyl (C=O) groups is 1. The van der Waals surface area contributed by atoms with Crippen molar-refractivity contribution in [2.24, 2.45) is 0 Å². The zero-order valence-corrected chi connectivity index (χ0v) is 18.3. The van der Waals surface area contributed by atoms with E-state index < -0.39 is 0 Å². The summed E-state index contributed by atoms with van der Waals surface area (Å²) in [6, 6.07) is 19.0. The number of fused-ring (bicyclic) bond motifs is 1. The number of nitrogens with one attached hydrogen (secondary N) is 1. The number of ether oxygens (including phenoxy) is 2. The molecule has 1 amide bonds. The fourth-order valence-electron chi connectivity index (χ4n) is 3.23. The van der Waals surface area contributed by atoms with Gasteiger partial charge in [-0.3, -0.25) is 4.79 Å². The first-order valence-electron chi connectivity index (χ1n) is 9.75. The lowest BCUT2D eigenvalue weighted by molar-refractivity contribution is -0.113. The summed E-state index contributed by atoms with van der Waals surface area (Å²) < 4.78 is 23.8. The molecular weight excluding hydrogens is 429 g/mol. The van der Waals surface area contributed by atoms with Crippen molar-refractivity contribution in [1.29, 1.82) is 0 Å². The number of benzene rings is 3. The Labute approximate surface area is 188 Å². The third kappa shape index (κ3) is 4.65. The van der Waals surface area contributed by atoms with Crippen LogP contribution in [0.25, 0.3) is 22.0 Å². The van der Waals surface area contributed by atoms with E-state index >= 15 is 0 Å². The number of nitrogens with zero attached hydrogens (tertiary/aromatic N) is 2. The monoisotopic (exact) mass is 449 g/mol. The van der Waals surface area contributed by atoms with Gasteiger partial charge in [-0.15, -0.1) is 10.2 Å². The molecule has 0 unspecified atom stereocenters. The van der Waals surface area contributed by atoms with E-state index in [-0.39, 0.29) is 17.5 Å². The topological polar surface area (TPSA) is 73.3 Å². The van der Waals surface area contributed by atoms with Crippen LogP contribution in [0.1, 0.15) is 0 Å². The summed E-state index contributed by atoms with van der Waals surface area (Å²) in [6.45, 7) is 0. The van der Waals surface area contributed by atoms with Crippen LogP contribution in [-0.4, -0.2) is 36.1 Å². The Balaban J connectivity index is 1.53. The first kappa shape index (κ1) is 21.6. The second-order valence-corrected chi connectivity index (χ2v) is 7.77. The van der Waals surface area contributed by atoms with Crippen molar-refractivity contribution >= 4 is 34.1 Å². The van der Waals surface area contributed by atoms with Gasteiger partial charge in [0.25, 0.3) is 0 Å². The SMILES string of the molecule is COc1ccc(NC(=O)CSc2nnc(-c3ccc(F)cc3)c3ccccc23)c(OC)c1. The summed E-state index contributed by atoms with van der Waals surface area (Å²) in [6.07, 6.45) is 0. The molecule has 1 N–H and O–H groups in total. The van der Waals surface area contributed by atoms with Gasteiger partial charge in [-0.05, 0) is 36.4 Å². The molecule has 1 aromatic heterocycles. The highest BCUT2D eigenvalue weighted by Crippen LogP contribution is 2.32. The van der Waals surface area contributed by atoms with E-state index in [1.807, 2.05) is 24.3 Å². The standard InChI is InChI=1S/C24H20FN3O3S/c1-30-17-11-12-20(21(13-17)31-2)26-22(29)14-32-24-19-6-4-3-5-18(19)23(27-28-24)15-7-9-16(25)10-8-15/h3-13H,14H2,1-2H3,(H,26,29). The van der Waals surface area contributed by atoms with Gasteiger partial charge in [-0.25, -0.2) is 4.39 Å². The maximum Gasteiger partial charge on any atom is 0.234 e. The second-order valence-electron chi connectivity index (χ2n) is 6.81. The Hall–Kier alpha value is -3.65. The Morgan fingerprint density at radius 3 is 2.44 bits per heavy atom. The highest BCUT2D eigenvalue weighted by molar-refractivity contribution is 8.00. The number of aromatic nitrogens is 2. The summed E-state index contributed by atoms with van der Waals surface area (Å²) in [4.78, 5) is 12.6. The van der Waals surface area contributed by atoms with E-state index in [0.29, 0.717) is 27.9 Å². The van der Waals surface area contributed by atoms with Crippen molar-refractivity contribution in [3.05, 3.63) is 72.5 Å². The van der Waals surface area contributed by atoms with E-state index in [0.717, 1.165) is 16.3 Å². The van der Waals surface area contributed by atoms with Crippen LogP contribution in [0.3, 0.4) is 0 Å². The highest BCUT2D eigenvalue weighted by atomic mass is 32.2. The molecule has 32 heavy (non-hydrogen) atoms. The van der Waals surface area contributed by atoms with Gasteiger partial charge in [0.2, 0.25) is 5.91 Å². The van der Waals surface area contributed by atoms with E-state index in [9.17, 15) is 9.18 Å². The van der Waals surface area contributed by atoms with Gasteiger partial charge in [-0.1, -0.05) is 36.0 Å². The predicted octanol–water partition coefficient (Wildman–Crippen LogP) is 5.18. The molecule has 0 aliphatic carbocycles. The van der Waals surface area contributed by atoms with Crippen LogP contribution < -0.4 is 14.8 Å². The Morgan fingerprint density at radius 2 is 1.72 bits per heavy atom. The van der Waals surface area contributed by atoms with Gasteiger partial charge < -0.3 is 14.8 Å². The Morgan fingerprint density at radius 1 is 0.969 bits per heavy atom. The van der Waals surface area contributed by atoms with E-state index in [4.69, 9.17) is 9.47 Å². The molecule has 162 valence electrons. The molecule has 4 aromatic rings. The average Bonchev–Trinajstić information content (AvgIpc) is 2.83. The van der Waals surface area contributed by atoms with Crippen molar-refractivity contribution < 1.29 is 18.7 Å². The van der Waals surface area contributed by atoms with Gasteiger partial charge in [0.1, 0.15) is 28.0 Å². The van der Waals surface area contributed by atoms with Crippen LogP contribution in [0, 0.1) is 5.82 Å². The van der Waals surface area contributed by atoms with E-state index in [1.165, 1.54) is 31.0 Å². The maximum absolute atomic E-state index is 13.3. The normalized spacial score (nSPS) is 10.7. The third-order valence-corrected chi connectivity index (χ3v) is 5.78. The lowest BCUT2D eigenvalue weighted by Crippen LogP contribution is -2.15. The first-order valence-corrected chi connectivity index (χ1v) is 10.7. The summed E-state index contributed by atoms with van der Waals surface area (Å²) >= 11 is 1.29. The van der Waals surface area contributed by atoms with Crippen LogP contribution >= 0.6 is 11.8 Å². The number of carbonyl (C=O) groups excluding carboxylic acids is 1. The molecule has 0 saturated heterocycles. The second kappa shape index (κ2) is 9.65. The minimum atomic E-state index is -0.308. The summed E-state index contributed by atoms with van der Waals surface area (Å²) in [5.41, 5.74) is 2.00. The summed E-state index contributed by atoms with van der Waals surface area (Å²) in [5, 5.41) is 13.9. The van der Waals surface area contributed by atoms with Crippen LogP contribution in [0.5, 0.6) is 11.5 Å². The van der Waals surface area contributed by atoms with Gasteiger partial charge in [0.15, 0.2) is 0 Å². The number of rotatable bonds is 7. The van der Waals surface area contributed by atoms with Gasteiger partial charge in [0, 0.05) is 22.4 Å². The third-order valence-electron chi connectivity index (χ3n) is 4.79. The van der Waals surface area contributed by atoms with E-state index in [1.54, 1.807) is 37.4 Å². The van der Waals surface area contributed by atoms with E-state index in [2.05, 4.69) is 15.5 Å². The molecule has 0 radical (unpaired) electrons. The number of amides is 1. The minimum Gasteiger partial charge on any atom is -0.497 e. The molecular formula is C24H20FN3O3S. The number of methoxy groups -OCH3 is 2. The molecule has 0 aliphatic rings. The summed E-state index contributed by atoms with van der Waals surface area (Å²) in [5.74, 6) is 0.780. The fraction of sp³-hybridized carbons (Fsp3) is 0.125. The maximum atomic E-state index is 13.3. The molecule has 6 nitrogen and oxygen atoms in total. The molecule has 3 aromatic carbocycles. The average molecular weight is 450 g/mol. The smallest absolute Gasteiger partial charge is 0.234 e. The molecule has 0 saturated carbocycles. The largest absolute Gasteiger partial charge is 0.497 e. The van der Waals surface area contributed by atoms with Crippen molar-refractivity contribution in [2.45, 2.75) is 5.03 Å². The van der Waals surface area contributed by atoms with Crippen molar-refractivity contribution in [3.63, 3.8) is 0 Å². The zero-order chi connectivity index (χ0) is 22.5. The lowest BCUT2D eigenvalue weighted by atomic mass is 10.1. The first-order chi connectivity index (χ1) is 15.6. The highest BCUT2D eigenvalue weighted by Gasteiger charge is 2.14. The number of thioether (sulfide) groups is 1. The van der Waals surface area contributed by atoms with Gasteiger partial charge >= 0.3 is 0 Å². The molecule has 4 rings (SSSR count). The van der Waals surface area contributed by atoms with Crippen molar-refractivity contribution in [2.75, 3.05) is 25.3 Å². The zero-order valence-electron chi connectivity index (χ0n) is 17.5. The molecule has 0 spiro atoms. The van der Waals surface area contributed by atoms with Gasteiger partial charge in [-0.2, -0.15) is 0 Å². The number of hydrogen-bond donors (Lipinski definition) is 1. The van der Waals surface area contributed by atoms with Crippen LogP contribution in [0.2, 0.25) is 0 Å². The minimum absolute atomic E-state index is 0.143.